The van der Waals surface area contributed by atoms with Crippen LogP contribution in [-0.4, -0.2) is 0 Å². The summed E-state index contributed by atoms with van der Waals surface area (Å²) in [6, 6.07) is 0. The van der Waals surface area contributed by atoms with Gasteiger partial charge >= 0.3 is 0 Å². The van der Waals surface area contributed by atoms with Gasteiger partial charge in [-0.25, -0.2) is 0 Å². The van der Waals surface area contributed by atoms with Crippen molar-refractivity contribution in [2.24, 2.45) is 17.3 Å². The summed E-state index contributed by atoms with van der Waals surface area (Å²) in [6.45, 7) is 17.5. The van der Waals surface area contributed by atoms with Gasteiger partial charge in [-0.15, -0.1) is 0 Å². The molecule has 0 aromatic heterocycles. The number of halogens is 1. The van der Waals surface area contributed by atoms with E-state index in [1.807, 2.05) is 0 Å². The van der Waals surface area contributed by atoms with Gasteiger partial charge in [0, 0.05) is 16.4 Å². The molecule has 0 aliphatic heterocycles. The number of hydrogen-bond acceptors (Lipinski definition) is 0. The quantitative estimate of drug-likeness (QED) is 0.563. The molecule has 0 bridgehead atoms. The summed E-state index contributed by atoms with van der Waals surface area (Å²) in [6.07, 6.45) is 3.22. The lowest BCUT2D eigenvalue weighted by molar-refractivity contribution is 0.197. The molecule has 1 heteroatoms. The summed E-state index contributed by atoms with van der Waals surface area (Å²) >= 11 is 6.32. The normalized spacial score (nSPS) is 29.6. The molecule has 0 aromatic rings. The minimum atomic E-state index is 0.112. The molecule has 0 N–H and O–H groups in total. The fourth-order valence-electron chi connectivity index (χ4n) is 2.54. The van der Waals surface area contributed by atoms with E-state index < -0.39 is 0 Å². The van der Waals surface area contributed by atoms with E-state index in [1.54, 1.807) is 0 Å². The van der Waals surface area contributed by atoms with E-state index in [0.717, 1.165) is 11.5 Å². The Bertz CT molecular complexity index is 384. The molecule has 0 radical (unpaired) electrons. The first-order valence-electron chi connectivity index (χ1n) is 6.50. The molecule has 96 valence electrons. The molecule has 2 atom stereocenters. The van der Waals surface area contributed by atoms with Crippen molar-refractivity contribution in [2.75, 3.05) is 0 Å². The second kappa shape index (κ2) is 5.02. The maximum atomic E-state index is 6.32. The van der Waals surface area contributed by atoms with Crippen LogP contribution in [-0.2, 0) is 0 Å². The molecule has 1 aliphatic rings. The van der Waals surface area contributed by atoms with Crippen molar-refractivity contribution >= 4 is 11.6 Å². The fourth-order valence-corrected chi connectivity index (χ4v) is 3.00. The Morgan fingerprint density at radius 1 is 1.47 bits per heavy atom. The first kappa shape index (κ1) is 14.6. The lowest BCUT2D eigenvalue weighted by Gasteiger charge is -2.48. The summed E-state index contributed by atoms with van der Waals surface area (Å²) < 4.78 is 0. The van der Waals surface area contributed by atoms with Crippen LogP contribution in [0.4, 0.5) is 0 Å². The summed E-state index contributed by atoms with van der Waals surface area (Å²) in [4.78, 5) is 0. The zero-order chi connectivity index (χ0) is 13.4. The highest BCUT2D eigenvalue weighted by Crippen LogP contribution is 2.56. The number of hydrogen-bond donors (Lipinski definition) is 0. The zero-order valence-corrected chi connectivity index (χ0v) is 12.8. The molecule has 0 saturated heterocycles. The average Bonchev–Trinajstić information content (AvgIpc) is 2.31. The van der Waals surface area contributed by atoms with Gasteiger partial charge in [0.2, 0.25) is 0 Å². The molecule has 17 heavy (non-hydrogen) atoms. The molecular formula is C16H25Cl. The van der Waals surface area contributed by atoms with Crippen LogP contribution in [0.15, 0.2) is 34.4 Å². The van der Waals surface area contributed by atoms with E-state index in [2.05, 4.69) is 54.2 Å². The molecule has 0 saturated carbocycles. The van der Waals surface area contributed by atoms with Gasteiger partial charge in [-0.2, -0.15) is 0 Å². The van der Waals surface area contributed by atoms with Gasteiger partial charge in [0.15, 0.2) is 0 Å². The van der Waals surface area contributed by atoms with Crippen molar-refractivity contribution < 1.29 is 0 Å². The molecule has 0 unspecified atom stereocenters. The molecular weight excluding hydrogens is 228 g/mol. The van der Waals surface area contributed by atoms with Crippen molar-refractivity contribution in [3.05, 3.63) is 34.4 Å². The molecule has 0 nitrogen and oxygen atoms in total. The summed E-state index contributed by atoms with van der Waals surface area (Å²) in [5, 5.41) is 1.02. The van der Waals surface area contributed by atoms with Gasteiger partial charge in [0.1, 0.15) is 0 Å². The van der Waals surface area contributed by atoms with Gasteiger partial charge in [0.25, 0.3) is 0 Å². The molecule has 0 aromatic carbocycles. The summed E-state index contributed by atoms with van der Waals surface area (Å²) in [5.74, 6) is 1.03. The van der Waals surface area contributed by atoms with Gasteiger partial charge in [-0.3, -0.25) is 0 Å². The minimum absolute atomic E-state index is 0.112. The van der Waals surface area contributed by atoms with Crippen molar-refractivity contribution in [1.82, 2.24) is 0 Å². The van der Waals surface area contributed by atoms with E-state index >= 15 is 0 Å². The second-order valence-corrected chi connectivity index (χ2v) is 6.10. The second-order valence-electron chi connectivity index (χ2n) is 5.69. The third-order valence-corrected chi connectivity index (χ3v) is 5.22. The van der Waals surface area contributed by atoms with Crippen LogP contribution in [0.5, 0.6) is 0 Å². The topological polar surface area (TPSA) is 0 Å². The molecule has 0 heterocycles. The highest BCUT2D eigenvalue weighted by Gasteiger charge is 2.46. The van der Waals surface area contributed by atoms with E-state index in [9.17, 15) is 0 Å². The molecule has 0 spiro atoms. The van der Waals surface area contributed by atoms with Crippen molar-refractivity contribution in [3.63, 3.8) is 0 Å². The van der Waals surface area contributed by atoms with Crippen LogP contribution in [0.1, 0.15) is 48.0 Å². The van der Waals surface area contributed by atoms with E-state index in [4.69, 9.17) is 11.6 Å². The summed E-state index contributed by atoms with van der Waals surface area (Å²) in [5.41, 5.74) is 4.13. The van der Waals surface area contributed by atoms with Gasteiger partial charge in [0.05, 0.1) is 0 Å². The zero-order valence-electron chi connectivity index (χ0n) is 12.0. The van der Waals surface area contributed by atoms with E-state index in [0.29, 0.717) is 11.8 Å². The Balaban J connectivity index is 3.09. The molecule has 1 rings (SSSR count). The standard InChI is InChI=1S/C16H25Cl/c1-8-11(4)12(5)13(6)14-9-15(17)16(14,7)10(2)3/h9-10,14H,4,8H2,1-3,5-7H3/t14-,16-/m1/s1. The predicted molar refractivity (Wildman–Crippen MR) is 78.2 cm³/mol. The van der Waals surface area contributed by atoms with E-state index in [-0.39, 0.29) is 5.41 Å². The van der Waals surface area contributed by atoms with Crippen LogP contribution in [0.2, 0.25) is 0 Å². The summed E-state index contributed by atoms with van der Waals surface area (Å²) in [7, 11) is 0. The van der Waals surface area contributed by atoms with Crippen LogP contribution in [0.25, 0.3) is 0 Å². The van der Waals surface area contributed by atoms with Crippen molar-refractivity contribution in [3.8, 4) is 0 Å². The third-order valence-electron chi connectivity index (χ3n) is 4.69. The smallest absolute Gasteiger partial charge is 0.0218 e. The Hall–Kier alpha value is -0.490. The Morgan fingerprint density at radius 3 is 2.35 bits per heavy atom. The molecule has 0 amide bonds. The average molecular weight is 253 g/mol. The van der Waals surface area contributed by atoms with E-state index in [1.165, 1.54) is 16.7 Å². The SMILES string of the molecule is C=C(CC)C(C)=C(C)[C@H]1C=C(Cl)[C@]1(C)C(C)C. The highest BCUT2D eigenvalue weighted by atomic mass is 35.5. The van der Waals surface area contributed by atoms with Crippen LogP contribution >= 0.6 is 11.6 Å². The van der Waals surface area contributed by atoms with Gasteiger partial charge in [-0.05, 0) is 31.8 Å². The predicted octanol–water partition coefficient (Wildman–Crippen LogP) is 5.70. The maximum absolute atomic E-state index is 6.32. The Labute approximate surface area is 111 Å². The lowest BCUT2D eigenvalue weighted by Crippen LogP contribution is -2.40. The van der Waals surface area contributed by atoms with Gasteiger partial charge < -0.3 is 0 Å². The first-order valence-corrected chi connectivity index (χ1v) is 6.87. The Morgan fingerprint density at radius 2 is 2.00 bits per heavy atom. The molecule has 1 aliphatic carbocycles. The third kappa shape index (κ3) is 2.25. The Kier molecular flexibility index (Phi) is 4.30. The largest absolute Gasteiger partial charge is 0.0956 e. The number of allylic oxidation sites excluding steroid dienone is 5. The molecule has 0 fully saturated rings. The van der Waals surface area contributed by atoms with Crippen LogP contribution < -0.4 is 0 Å². The highest BCUT2D eigenvalue weighted by molar-refractivity contribution is 6.31. The maximum Gasteiger partial charge on any atom is 0.0218 e. The van der Waals surface area contributed by atoms with Gasteiger partial charge in [-0.1, -0.05) is 63.1 Å². The first-order chi connectivity index (χ1) is 7.76. The monoisotopic (exact) mass is 252 g/mol. The fraction of sp³-hybridized carbons (Fsp3) is 0.625. The lowest BCUT2D eigenvalue weighted by atomic mass is 9.59. The van der Waals surface area contributed by atoms with Crippen molar-refractivity contribution in [1.29, 1.82) is 0 Å². The van der Waals surface area contributed by atoms with Crippen LogP contribution in [0, 0.1) is 17.3 Å². The minimum Gasteiger partial charge on any atom is -0.0956 e. The number of rotatable bonds is 4. The van der Waals surface area contributed by atoms with Crippen molar-refractivity contribution in [2.45, 2.75) is 48.0 Å². The van der Waals surface area contributed by atoms with Crippen LogP contribution in [0.3, 0.4) is 0 Å².